The van der Waals surface area contributed by atoms with Gasteiger partial charge in [-0.25, -0.2) is 0 Å². The largest absolute Gasteiger partial charge is 0.466 e. The third-order valence-corrected chi connectivity index (χ3v) is 14.4. The minimum absolute atomic E-state index is 0.0127. The monoisotopic (exact) mass is 934 g/mol. The quantitative estimate of drug-likeness (QED) is 0.0417. The first-order valence-corrected chi connectivity index (χ1v) is 30.3. The lowest BCUT2D eigenvalue weighted by atomic mass is 10.0. The number of amides is 1. The highest BCUT2D eigenvalue weighted by Gasteiger charge is 2.20. The second kappa shape index (κ2) is 56.4. The molecule has 0 aliphatic carbocycles. The Labute approximate surface area is 413 Å². The number of hydrogen-bond donors (Lipinski definition) is 3. The maximum atomic E-state index is 12.5. The van der Waals surface area contributed by atoms with Crippen molar-refractivity contribution in [1.29, 1.82) is 0 Å². The summed E-state index contributed by atoms with van der Waals surface area (Å²) < 4.78 is 5.50. The summed E-state index contributed by atoms with van der Waals surface area (Å²) in [5.41, 5.74) is 0. The van der Waals surface area contributed by atoms with Gasteiger partial charge in [0, 0.05) is 12.8 Å². The number of esters is 1. The lowest BCUT2D eigenvalue weighted by Crippen LogP contribution is -2.45. The average Bonchev–Trinajstić information content (AvgIpc) is 3.32. The van der Waals surface area contributed by atoms with Gasteiger partial charge in [-0.15, -0.1) is 0 Å². The van der Waals surface area contributed by atoms with Crippen LogP contribution in [-0.2, 0) is 14.3 Å². The molecule has 0 saturated heterocycles. The van der Waals surface area contributed by atoms with Crippen molar-refractivity contribution in [2.75, 3.05) is 13.2 Å². The van der Waals surface area contributed by atoms with Gasteiger partial charge in [0.25, 0.3) is 0 Å². The molecule has 0 fully saturated rings. The zero-order valence-electron chi connectivity index (χ0n) is 45.0. The lowest BCUT2D eigenvalue weighted by molar-refractivity contribution is -0.143. The summed E-state index contributed by atoms with van der Waals surface area (Å²) >= 11 is 0. The molecule has 2 atom stereocenters. The van der Waals surface area contributed by atoms with E-state index in [0.717, 1.165) is 38.5 Å². The number of carbonyl (C=O) groups excluding carboxylic acids is 2. The Morgan fingerprint density at radius 1 is 0.364 bits per heavy atom. The van der Waals surface area contributed by atoms with Gasteiger partial charge in [0.05, 0.1) is 25.4 Å². The van der Waals surface area contributed by atoms with E-state index in [1.54, 1.807) is 0 Å². The molecule has 0 radical (unpaired) electrons. The van der Waals surface area contributed by atoms with Crippen LogP contribution >= 0.6 is 0 Å². The fourth-order valence-corrected chi connectivity index (χ4v) is 9.76. The summed E-state index contributed by atoms with van der Waals surface area (Å²) in [6, 6.07) is -0.542. The van der Waals surface area contributed by atoms with Crippen LogP contribution in [0.15, 0.2) is 0 Å². The summed E-state index contributed by atoms with van der Waals surface area (Å²) in [7, 11) is 0. The zero-order chi connectivity index (χ0) is 47.9. The van der Waals surface area contributed by atoms with Crippen molar-refractivity contribution in [2.24, 2.45) is 0 Å². The molecule has 0 heterocycles. The first kappa shape index (κ1) is 64.9. The maximum absolute atomic E-state index is 12.5. The number of ether oxygens (including phenoxy) is 1. The predicted octanol–water partition coefficient (Wildman–Crippen LogP) is 18.7. The van der Waals surface area contributed by atoms with Crippen molar-refractivity contribution in [2.45, 2.75) is 360 Å². The van der Waals surface area contributed by atoms with E-state index in [2.05, 4.69) is 19.2 Å². The van der Waals surface area contributed by atoms with E-state index in [1.807, 2.05) is 0 Å². The van der Waals surface area contributed by atoms with Crippen LogP contribution < -0.4 is 5.32 Å². The van der Waals surface area contributed by atoms with Crippen molar-refractivity contribution in [1.82, 2.24) is 5.32 Å². The fraction of sp³-hybridized carbons (Fsp3) is 0.967. The Morgan fingerprint density at radius 2 is 0.621 bits per heavy atom. The SMILES string of the molecule is CCCCCCCCCCCCCCCCCCCCC(=O)OCCCCCCCCCCCCCCCCCCCCC(=O)NC(CO)C(O)CCCCCCCCCCCCCCC. The molecule has 0 aromatic rings. The molecular formula is C60H119NO5. The van der Waals surface area contributed by atoms with Crippen LogP contribution in [0, 0.1) is 0 Å². The minimum atomic E-state index is -0.665. The van der Waals surface area contributed by atoms with E-state index in [4.69, 9.17) is 4.74 Å². The highest BCUT2D eigenvalue weighted by molar-refractivity contribution is 5.76. The molecule has 0 rings (SSSR count). The van der Waals surface area contributed by atoms with Crippen LogP contribution in [-0.4, -0.2) is 47.4 Å². The summed E-state index contributed by atoms with van der Waals surface area (Å²) in [5, 5.41) is 23.2. The molecule has 0 spiro atoms. The minimum Gasteiger partial charge on any atom is -0.466 e. The molecule has 3 N–H and O–H groups in total. The van der Waals surface area contributed by atoms with Gasteiger partial charge in [-0.1, -0.05) is 309 Å². The summed E-state index contributed by atoms with van der Waals surface area (Å²) in [6.07, 6.45) is 65.3. The number of rotatable bonds is 57. The Hall–Kier alpha value is -1.14. The van der Waals surface area contributed by atoms with Gasteiger partial charge in [-0.05, 0) is 25.7 Å². The van der Waals surface area contributed by atoms with E-state index < -0.39 is 12.1 Å². The lowest BCUT2D eigenvalue weighted by Gasteiger charge is -2.22. The first-order chi connectivity index (χ1) is 32.5. The van der Waals surface area contributed by atoms with Crippen LogP contribution in [0.2, 0.25) is 0 Å². The predicted molar refractivity (Wildman–Crippen MR) is 287 cm³/mol. The molecule has 0 bridgehead atoms. The number of aliphatic hydroxyl groups is 2. The van der Waals surface area contributed by atoms with E-state index in [1.165, 1.54) is 276 Å². The number of aliphatic hydroxyl groups excluding tert-OH is 2. The number of hydrogen-bond acceptors (Lipinski definition) is 5. The molecule has 66 heavy (non-hydrogen) atoms. The Morgan fingerprint density at radius 3 is 0.924 bits per heavy atom. The van der Waals surface area contributed by atoms with Crippen molar-refractivity contribution in [3.05, 3.63) is 0 Å². The second-order valence-corrected chi connectivity index (χ2v) is 21.1. The number of unbranched alkanes of at least 4 members (excludes halogenated alkanes) is 46. The van der Waals surface area contributed by atoms with Crippen molar-refractivity contribution in [3.63, 3.8) is 0 Å². The number of carbonyl (C=O) groups is 2. The second-order valence-electron chi connectivity index (χ2n) is 21.1. The van der Waals surface area contributed by atoms with Crippen LogP contribution in [0.4, 0.5) is 0 Å². The van der Waals surface area contributed by atoms with Gasteiger partial charge < -0.3 is 20.3 Å². The molecular weight excluding hydrogens is 815 g/mol. The molecule has 0 aliphatic heterocycles. The van der Waals surface area contributed by atoms with Crippen molar-refractivity contribution < 1.29 is 24.5 Å². The van der Waals surface area contributed by atoms with E-state index >= 15 is 0 Å². The van der Waals surface area contributed by atoms with E-state index in [0.29, 0.717) is 25.9 Å². The van der Waals surface area contributed by atoms with Crippen molar-refractivity contribution >= 4 is 11.9 Å². The van der Waals surface area contributed by atoms with Gasteiger partial charge >= 0.3 is 5.97 Å². The molecule has 0 aliphatic rings. The third kappa shape index (κ3) is 52.2. The maximum Gasteiger partial charge on any atom is 0.305 e. The molecule has 0 saturated carbocycles. The van der Waals surface area contributed by atoms with Gasteiger partial charge in [0.1, 0.15) is 0 Å². The number of nitrogens with one attached hydrogen (secondary N) is 1. The molecule has 0 aromatic carbocycles. The highest BCUT2D eigenvalue weighted by Crippen LogP contribution is 2.18. The normalized spacial score (nSPS) is 12.5. The van der Waals surface area contributed by atoms with Crippen LogP contribution in [0.25, 0.3) is 0 Å². The summed E-state index contributed by atoms with van der Waals surface area (Å²) in [4.78, 5) is 24.6. The molecule has 0 aromatic heterocycles. The zero-order valence-corrected chi connectivity index (χ0v) is 45.0. The average molecular weight is 935 g/mol. The highest BCUT2D eigenvalue weighted by atomic mass is 16.5. The van der Waals surface area contributed by atoms with Crippen molar-refractivity contribution in [3.8, 4) is 0 Å². The van der Waals surface area contributed by atoms with Gasteiger partial charge in [-0.3, -0.25) is 9.59 Å². The Kier molecular flexibility index (Phi) is 55.5. The Bertz CT molecular complexity index is 944. The topological polar surface area (TPSA) is 95.9 Å². The smallest absolute Gasteiger partial charge is 0.305 e. The van der Waals surface area contributed by atoms with Gasteiger partial charge in [0.2, 0.25) is 5.91 Å². The third-order valence-electron chi connectivity index (χ3n) is 14.4. The summed E-state index contributed by atoms with van der Waals surface area (Å²) in [6.45, 7) is 4.97. The fourth-order valence-electron chi connectivity index (χ4n) is 9.76. The first-order valence-electron chi connectivity index (χ1n) is 30.3. The standard InChI is InChI=1S/C60H119NO5/c1-3-5-7-9-11-13-15-17-18-19-23-26-30-34-38-42-46-50-54-60(65)66-55-51-47-43-39-35-31-27-24-21-20-22-25-29-33-37-41-45-49-53-59(64)61-57(56-62)58(63)52-48-44-40-36-32-28-16-14-12-10-8-6-4-2/h57-58,62-63H,3-56H2,1-2H3,(H,61,64). The molecule has 2 unspecified atom stereocenters. The van der Waals surface area contributed by atoms with E-state index in [-0.39, 0.29) is 18.5 Å². The molecule has 6 heteroatoms. The van der Waals surface area contributed by atoms with Crippen LogP contribution in [0.3, 0.4) is 0 Å². The van der Waals surface area contributed by atoms with E-state index in [9.17, 15) is 19.8 Å². The van der Waals surface area contributed by atoms with Gasteiger partial charge in [0.15, 0.2) is 0 Å². The summed E-state index contributed by atoms with van der Waals surface area (Å²) in [5.74, 6) is -0.0241. The Balaban J connectivity index is 3.36. The van der Waals surface area contributed by atoms with Crippen LogP contribution in [0.1, 0.15) is 348 Å². The molecule has 6 nitrogen and oxygen atoms in total. The molecule has 1 amide bonds. The van der Waals surface area contributed by atoms with Crippen LogP contribution in [0.5, 0.6) is 0 Å². The molecule has 394 valence electrons. The van der Waals surface area contributed by atoms with Gasteiger partial charge in [-0.2, -0.15) is 0 Å².